The first-order valence-electron chi connectivity index (χ1n) is 9.34. The van der Waals surface area contributed by atoms with Gasteiger partial charge in [0.25, 0.3) is 0 Å². The Labute approximate surface area is 159 Å². The van der Waals surface area contributed by atoms with E-state index < -0.39 is 17.9 Å². The lowest BCUT2D eigenvalue weighted by atomic mass is 10.1. The molecule has 1 aromatic rings. The second-order valence-corrected chi connectivity index (χ2v) is 8.06. The van der Waals surface area contributed by atoms with Crippen LogP contribution >= 0.6 is 0 Å². The van der Waals surface area contributed by atoms with Crippen molar-refractivity contribution in [2.45, 2.75) is 76.6 Å². The number of methoxy groups -OCH3 is 1. The summed E-state index contributed by atoms with van der Waals surface area (Å²) in [6.07, 6.45) is -1.66. The van der Waals surface area contributed by atoms with Crippen molar-refractivity contribution in [1.29, 1.82) is 0 Å². The van der Waals surface area contributed by atoms with Gasteiger partial charge in [0.1, 0.15) is 30.2 Å². The maximum absolute atomic E-state index is 6.26. The van der Waals surface area contributed by atoms with Gasteiger partial charge in [-0.1, -0.05) is 12.1 Å². The van der Waals surface area contributed by atoms with Crippen LogP contribution in [0.4, 0.5) is 0 Å². The summed E-state index contributed by atoms with van der Waals surface area (Å²) in [6, 6.07) is 7.79. The van der Waals surface area contributed by atoms with Crippen LogP contribution in [0.1, 0.15) is 33.3 Å². The van der Waals surface area contributed by atoms with E-state index in [-0.39, 0.29) is 24.4 Å². The smallest absolute Gasteiger partial charge is 0.190 e. The van der Waals surface area contributed by atoms with E-state index in [1.165, 1.54) is 0 Å². The average molecular weight is 380 g/mol. The van der Waals surface area contributed by atoms with Gasteiger partial charge in [-0.2, -0.15) is 0 Å². The van der Waals surface area contributed by atoms with Gasteiger partial charge in [-0.25, -0.2) is 0 Å². The van der Waals surface area contributed by atoms with Crippen molar-refractivity contribution < 1.29 is 33.2 Å². The standard InChI is InChI=1S/C20H28O7/c1-19(2)23-11-14(25-19)15-16(17-18(24-15)27-20(3,4)26-17)22-10-12-6-8-13(21-5)9-7-12/h6-9,14-18H,10-11H2,1-5H3/t14-,15-,16+,17-,18-/m1/s1. The zero-order valence-corrected chi connectivity index (χ0v) is 16.5. The van der Waals surface area contributed by atoms with Gasteiger partial charge in [0, 0.05) is 0 Å². The van der Waals surface area contributed by atoms with Crippen molar-refractivity contribution in [3.63, 3.8) is 0 Å². The van der Waals surface area contributed by atoms with Crippen LogP contribution in [0.25, 0.3) is 0 Å². The molecule has 7 heteroatoms. The van der Waals surface area contributed by atoms with E-state index in [2.05, 4.69) is 0 Å². The Morgan fingerprint density at radius 2 is 1.70 bits per heavy atom. The molecule has 27 heavy (non-hydrogen) atoms. The third kappa shape index (κ3) is 3.99. The van der Waals surface area contributed by atoms with E-state index in [0.717, 1.165) is 11.3 Å². The van der Waals surface area contributed by atoms with Crippen LogP contribution in [0.15, 0.2) is 24.3 Å². The minimum absolute atomic E-state index is 0.234. The Morgan fingerprint density at radius 3 is 2.33 bits per heavy atom. The van der Waals surface area contributed by atoms with E-state index in [1.807, 2.05) is 52.0 Å². The first-order chi connectivity index (χ1) is 12.8. The number of hydrogen-bond donors (Lipinski definition) is 0. The quantitative estimate of drug-likeness (QED) is 0.778. The van der Waals surface area contributed by atoms with Gasteiger partial charge >= 0.3 is 0 Å². The molecule has 0 N–H and O–H groups in total. The zero-order valence-electron chi connectivity index (χ0n) is 16.5. The lowest BCUT2D eigenvalue weighted by Crippen LogP contribution is -2.44. The zero-order chi connectivity index (χ0) is 19.2. The fraction of sp³-hybridized carbons (Fsp3) is 0.700. The molecule has 3 heterocycles. The molecule has 4 rings (SSSR count). The number of ether oxygens (including phenoxy) is 7. The fourth-order valence-electron chi connectivity index (χ4n) is 3.78. The molecule has 150 valence electrons. The molecule has 3 fully saturated rings. The van der Waals surface area contributed by atoms with Crippen LogP contribution in [0.5, 0.6) is 5.75 Å². The second kappa shape index (κ2) is 6.99. The maximum Gasteiger partial charge on any atom is 0.190 e. The Kier molecular flexibility index (Phi) is 4.95. The predicted molar refractivity (Wildman–Crippen MR) is 95.2 cm³/mol. The van der Waals surface area contributed by atoms with Crippen molar-refractivity contribution in [2.24, 2.45) is 0 Å². The van der Waals surface area contributed by atoms with Crippen molar-refractivity contribution in [3.05, 3.63) is 29.8 Å². The molecule has 0 spiro atoms. The summed E-state index contributed by atoms with van der Waals surface area (Å²) in [5.41, 5.74) is 1.04. The lowest BCUT2D eigenvalue weighted by molar-refractivity contribution is -0.236. The largest absolute Gasteiger partial charge is 0.497 e. The highest BCUT2D eigenvalue weighted by atomic mass is 16.8. The van der Waals surface area contributed by atoms with Crippen LogP contribution < -0.4 is 4.74 Å². The van der Waals surface area contributed by atoms with Crippen molar-refractivity contribution >= 4 is 0 Å². The number of rotatable bonds is 5. The fourth-order valence-corrected chi connectivity index (χ4v) is 3.78. The highest BCUT2D eigenvalue weighted by molar-refractivity contribution is 5.26. The summed E-state index contributed by atoms with van der Waals surface area (Å²) in [5, 5.41) is 0. The van der Waals surface area contributed by atoms with Crippen molar-refractivity contribution in [1.82, 2.24) is 0 Å². The third-order valence-corrected chi connectivity index (χ3v) is 5.03. The van der Waals surface area contributed by atoms with E-state index in [0.29, 0.717) is 13.2 Å². The molecule has 0 amide bonds. The van der Waals surface area contributed by atoms with Crippen molar-refractivity contribution in [3.8, 4) is 5.75 Å². The average Bonchev–Trinajstić information content (AvgIpc) is 3.22. The van der Waals surface area contributed by atoms with Gasteiger partial charge in [0.2, 0.25) is 0 Å². The summed E-state index contributed by atoms with van der Waals surface area (Å²) < 4.78 is 41.3. The predicted octanol–water partition coefficient (Wildman–Crippen LogP) is 2.61. The Morgan fingerprint density at radius 1 is 0.963 bits per heavy atom. The topological polar surface area (TPSA) is 64.6 Å². The first kappa shape index (κ1) is 19.1. The van der Waals surface area contributed by atoms with Gasteiger partial charge in [0.05, 0.1) is 20.3 Å². The number of hydrogen-bond acceptors (Lipinski definition) is 7. The molecule has 3 aliphatic heterocycles. The number of benzene rings is 1. The number of fused-ring (bicyclic) bond motifs is 1. The highest BCUT2D eigenvalue weighted by Gasteiger charge is 2.58. The minimum Gasteiger partial charge on any atom is -0.497 e. The SMILES string of the molecule is COc1ccc(CO[C@@H]2[C@H]3OC(C)(C)O[C@H]3O[C@@H]2[C@H]2COC(C)(C)O2)cc1. The normalized spacial score (nSPS) is 36.7. The van der Waals surface area contributed by atoms with Crippen molar-refractivity contribution in [2.75, 3.05) is 13.7 Å². The monoisotopic (exact) mass is 380 g/mol. The molecule has 7 nitrogen and oxygen atoms in total. The maximum atomic E-state index is 6.26. The van der Waals surface area contributed by atoms with Crippen LogP contribution in [-0.2, 0) is 35.0 Å². The van der Waals surface area contributed by atoms with Gasteiger partial charge in [-0.3, -0.25) is 0 Å². The van der Waals surface area contributed by atoms with E-state index in [9.17, 15) is 0 Å². The molecule has 5 atom stereocenters. The van der Waals surface area contributed by atoms with Crippen LogP contribution in [0, 0.1) is 0 Å². The molecule has 1 aromatic carbocycles. The minimum atomic E-state index is -0.700. The molecule has 0 bridgehead atoms. The molecule has 3 saturated heterocycles. The summed E-state index contributed by atoms with van der Waals surface area (Å²) in [6.45, 7) is 8.42. The molecule has 0 radical (unpaired) electrons. The van der Waals surface area contributed by atoms with Gasteiger partial charge in [0.15, 0.2) is 17.9 Å². The van der Waals surface area contributed by atoms with E-state index in [4.69, 9.17) is 33.2 Å². The molecule has 0 unspecified atom stereocenters. The van der Waals surface area contributed by atoms with Gasteiger partial charge < -0.3 is 33.2 Å². The molecule has 0 aliphatic carbocycles. The molecular formula is C20H28O7. The molecule has 0 aromatic heterocycles. The third-order valence-electron chi connectivity index (χ3n) is 5.03. The molecular weight excluding hydrogens is 352 g/mol. The van der Waals surface area contributed by atoms with E-state index >= 15 is 0 Å². The Bertz CT molecular complexity index is 657. The van der Waals surface area contributed by atoms with Gasteiger partial charge in [-0.05, 0) is 45.4 Å². The molecule has 3 aliphatic rings. The summed E-state index contributed by atoms with van der Waals surface area (Å²) in [4.78, 5) is 0. The second-order valence-electron chi connectivity index (χ2n) is 8.06. The highest BCUT2D eigenvalue weighted by Crippen LogP contribution is 2.42. The van der Waals surface area contributed by atoms with Crippen LogP contribution in [0.2, 0.25) is 0 Å². The Balaban J connectivity index is 1.48. The van der Waals surface area contributed by atoms with Crippen LogP contribution in [-0.4, -0.2) is 56.0 Å². The Hall–Kier alpha value is -1.22. The first-order valence-corrected chi connectivity index (χ1v) is 9.34. The molecule has 0 saturated carbocycles. The van der Waals surface area contributed by atoms with E-state index in [1.54, 1.807) is 7.11 Å². The summed E-state index contributed by atoms with van der Waals surface area (Å²) >= 11 is 0. The summed E-state index contributed by atoms with van der Waals surface area (Å²) in [7, 11) is 1.65. The summed E-state index contributed by atoms with van der Waals surface area (Å²) in [5.74, 6) is -0.518. The lowest BCUT2D eigenvalue weighted by Gasteiger charge is -2.29. The van der Waals surface area contributed by atoms with Gasteiger partial charge in [-0.15, -0.1) is 0 Å². The van der Waals surface area contributed by atoms with Crippen LogP contribution in [0.3, 0.4) is 0 Å².